The van der Waals surface area contributed by atoms with E-state index in [0.717, 1.165) is 10.8 Å². The molecule has 0 aliphatic carbocycles. The minimum absolute atomic E-state index is 0.00273. The van der Waals surface area contributed by atoms with Crippen molar-refractivity contribution >= 4 is 28.5 Å². The first-order valence-electron chi connectivity index (χ1n) is 6.48. The van der Waals surface area contributed by atoms with Crippen LogP contribution in [-0.2, 0) is 0 Å². The van der Waals surface area contributed by atoms with Gasteiger partial charge in [-0.3, -0.25) is 15.5 Å². The molecule has 2 aromatic carbocycles. The molecule has 7 heteroatoms. The molecular formula is C15H11N5O2. The predicted octanol–water partition coefficient (Wildman–Crippen LogP) is 2.98. The maximum atomic E-state index is 10.9. The molecule has 1 heterocycles. The predicted molar refractivity (Wildman–Crippen MR) is 83.9 cm³/mol. The summed E-state index contributed by atoms with van der Waals surface area (Å²) in [5.74, 6) is 0.493. The second-order valence-corrected chi connectivity index (χ2v) is 4.47. The van der Waals surface area contributed by atoms with Crippen molar-refractivity contribution in [3.05, 3.63) is 70.4 Å². The van der Waals surface area contributed by atoms with E-state index in [9.17, 15) is 10.1 Å². The summed E-state index contributed by atoms with van der Waals surface area (Å²) in [5.41, 5.74) is 3.18. The van der Waals surface area contributed by atoms with Crippen LogP contribution in [0, 0.1) is 10.1 Å². The van der Waals surface area contributed by atoms with Crippen LogP contribution in [0.2, 0.25) is 0 Å². The Morgan fingerprint density at radius 1 is 1.14 bits per heavy atom. The molecule has 0 radical (unpaired) electrons. The Bertz CT molecular complexity index is 858. The monoisotopic (exact) mass is 293 g/mol. The zero-order chi connectivity index (χ0) is 15.4. The van der Waals surface area contributed by atoms with Gasteiger partial charge >= 0.3 is 0 Å². The van der Waals surface area contributed by atoms with Crippen molar-refractivity contribution in [2.24, 2.45) is 5.10 Å². The van der Waals surface area contributed by atoms with E-state index < -0.39 is 4.92 Å². The van der Waals surface area contributed by atoms with Crippen LogP contribution in [0.3, 0.4) is 0 Å². The number of rotatable bonds is 4. The van der Waals surface area contributed by atoms with E-state index in [4.69, 9.17) is 0 Å². The first kappa shape index (κ1) is 13.6. The largest absolute Gasteiger partial charge is 0.278 e. The van der Waals surface area contributed by atoms with Crippen LogP contribution in [0.1, 0.15) is 5.56 Å². The third-order valence-electron chi connectivity index (χ3n) is 3.08. The molecule has 0 fully saturated rings. The second kappa shape index (κ2) is 5.96. The van der Waals surface area contributed by atoms with Gasteiger partial charge < -0.3 is 0 Å². The smallest absolute Gasteiger partial charge is 0.259 e. The minimum atomic E-state index is -0.445. The van der Waals surface area contributed by atoms with Crippen molar-refractivity contribution in [2.45, 2.75) is 0 Å². The summed E-state index contributed by atoms with van der Waals surface area (Å²) < 4.78 is 0. The maximum absolute atomic E-state index is 10.9. The summed E-state index contributed by atoms with van der Waals surface area (Å²) in [7, 11) is 0. The van der Waals surface area contributed by atoms with E-state index in [-0.39, 0.29) is 5.69 Å². The van der Waals surface area contributed by atoms with E-state index in [1.165, 1.54) is 12.3 Å². The number of nitro benzene ring substituents is 1. The van der Waals surface area contributed by atoms with Gasteiger partial charge in [0.15, 0.2) is 5.82 Å². The van der Waals surface area contributed by atoms with Gasteiger partial charge in [-0.2, -0.15) is 10.2 Å². The first-order chi connectivity index (χ1) is 10.8. The number of fused-ring (bicyclic) bond motifs is 1. The normalized spacial score (nSPS) is 10.9. The number of hydrogen-bond donors (Lipinski definition) is 1. The molecule has 0 saturated heterocycles. The first-order valence-corrected chi connectivity index (χ1v) is 6.48. The summed E-state index contributed by atoms with van der Waals surface area (Å²) in [6.45, 7) is 0. The van der Waals surface area contributed by atoms with Gasteiger partial charge in [0.1, 0.15) is 0 Å². The fourth-order valence-corrected chi connectivity index (χ4v) is 2.04. The molecule has 3 aromatic rings. The van der Waals surface area contributed by atoms with E-state index in [1.807, 2.05) is 24.3 Å². The van der Waals surface area contributed by atoms with E-state index >= 15 is 0 Å². The van der Waals surface area contributed by atoms with Crippen LogP contribution in [0.4, 0.5) is 11.5 Å². The molecule has 3 rings (SSSR count). The maximum Gasteiger partial charge on any atom is 0.278 e. The standard InChI is InChI=1S/C15H11N5O2/c21-20(22)14-8-4-2-6-12(14)10-17-19-15-13-7-3-1-5-11(13)9-16-18-15/h1-10H,(H,18,19)/b17-10-. The lowest BCUT2D eigenvalue weighted by atomic mass is 10.2. The number of nitrogens with one attached hydrogen (secondary N) is 1. The molecule has 108 valence electrons. The second-order valence-electron chi connectivity index (χ2n) is 4.47. The van der Waals surface area contributed by atoms with Gasteiger partial charge in [-0.25, -0.2) is 0 Å². The highest BCUT2D eigenvalue weighted by molar-refractivity contribution is 5.91. The molecule has 0 saturated carbocycles. The Morgan fingerprint density at radius 3 is 2.77 bits per heavy atom. The third-order valence-corrected chi connectivity index (χ3v) is 3.08. The van der Waals surface area contributed by atoms with E-state index in [2.05, 4.69) is 20.7 Å². The summed E-state index contributed by atoms with van der Waals surface area (Å²) in [6.07, 6.45) is 3.05. The number of hydrogen-bond acceptors (Lipinski definition) is 6. The van der Waals surface area contributed by atoms with Crippen molar-refractivity contribution in [2.75, 3.05) is 5.43 Å². The van der Waals surface area contributed by atoms with Crippen LogP contribution in [0.15, 0.2) is 59.8 Å². The van der Waals surface area contributed by atoms with Crippen LogP contribution in [-0.4, -0.2) is 21.3 Å². The molecule has 0 aliphatic heterocycles. The Kier molecular flexibility index (Phi) is 3.69. The number of hydrazone groups is 1. The summed E-state index contributed by atoms with van der Waals surface area (Å²) in [4.78, 5) is 10.5. The molecule has 0 bridgehead atoms. The third kappa shape index (κ3) is 2.73. The zero-order valence-corrected chi connectivity index (χ0v) is 11.4. The topological polar surface area (TPSA) is 93.3 Å². The number of aromatic nitrogens is 2. The lowest BCUT2D eigenvalue weighted by Crippen LogP contribution is -1.98. The average molecular weight is 293 g/mol. The van der Waals surface area contributed by atoms with Crippen LogP contribution in [0.5, 0.6) is 0 Å². The molecule has 22 heavy (non-hydrogen) atoms. The van der Waals surface area contributed by atoms with Crippen LogP contribution in [0.25, 0.3) is 10.8 Å². The fourth-order valence-electron chi connectivity index (χ4n) is 2.04. The lowest BCUT2D eigenvalue weighted by Gasteiger charge is -2.03. The quantitative estimate of drug-likeness (QED) is 0.453. The number of anilines is 1. The molecule has 0 atom stereocenters. The number of nitrogens with zero attached hydrogens (tertiary/aromatic N) is 4. The average Bonchev–Trinajstić information content (AvgIpc) is 2.55. The molecule has 0 aliphatic rings. The Morgan fingerprint density at radius 2 is 1.91 bits per heavy atom. The fraction of sp³-hybridized carbons (Fsp3) is 0. The highest BCUT2D eigenvalue weighted by Gasteiger charge is 2.10. The summed E-state index contributed by atoms with van der Waals surface area (Å²) in [5, 5.41) is 24.6. The van der Waals surface area contributed by atoms with E-state index in [0.29, 0.717) is 11.4 Å². The van der Waals surface area contributed by atoms with Gasteiger partial charge in [0.25, 0.3) is 5.69 Å². The summed E-state index contributed by atoms with van der Waals surface area (Å²) >= 11 is 0. The van der Waals surface area contributed by atoms with Gasteiger partial charge in [-0.05, 0) is 6.07 Å². The Hall–Kier alpha value is -3.35. The van der Waals surface area contributed by atoms with Crippen molar-refractivity contribution < 1.29 is 4.92 Å². The van der Waals surface area contributed by atoms with Crippen LogP contribution < -0.4 is 5.43 Å². The van der Waals surface area contributed by atoms with Crippen molar-refractivity contribution in [3.63, 3.8) is 0 Å². The SMILES string of the molecule is O=[N+]([O-])c1ccccc1/C=N\Nc1nncc2ccccc12. The highest BCUT2D eigenvalue weighted by Crippen LogP contribution is 2.19. The van der Waals surface area contributed by atoms with Gasteiger partial charge in [0.05, 0.1) is 22.9 Å². The summed E-state index contributed by atoms with van der Waals surface area (Å²) in [6, 6.07) is 14.0. The molecule has 1 N–H and O–H groups in total. The van der Waals surface area contributed by atoms with Gasteiger partial charge in [0, 0.05) is 16.8 Å². The van der Waals surface area contributed by atoms with Gasteiger partial charge in [0.2, 0.25) is 0 Å². The number of nitro groups is 1. The van der Waals surface area contributed by atoms with Crippen molar-refractivity contribution in [1.82, 2.24) is 10.2 Å². The molecule has 0 spiro atoms. The van der Waals surface area contributed by atoms with Crippen molar-refractivity contribution in [3.8, 4) is 0 Å². The number of para-hydroxylation sites is 1. The molecule has 7 nitrogen and oxygen atoms in total. The zero-order valence-electron chi connectivity index (χ0n) is 11.4. The van der Waals surface area contributed by atoms with Gasteiger partial charge in [-0.15, -0.1) is 5.10 Å². The Labute approximate surface area is 125 Å². The van der Waals surface area contributed by atoms with Gasteiger partial charge in [-0.1, -0.05) is 36.4 Å². The van der Waals surface area contributed by atoms with Crippen LogP contribution >= 0.6 is 0 Å². The molecular weight excluding hydrogens is 282 g/mol. The number of benzene rings is 2. The lowest BCUT2D eigenvalue weighted by molar-refractivity contribution is -0.385. The molecule has 0 amide bonds. The van der Waals surface area contributed by atoms with E-state index in [1.54, 1.807) is 24.4 Å². The molecule has 0 unspecified atom stereocenters. The minimum Gasteiger partial charge on any atom is -0.259 e. The molecule has 1 aromatic heterocycles. The highest BCUT2D eigenvalue weighted by atomic mass is 16.6. The Balaban J connectivity index is 1.87. The van der Waals surface area contributed by atoms with Crippen molar-refractivity contribution in [1.29, 1.82) is 0 Å².